The maximum Gasteiger partial charge on any atom is 0.255 e. The van der Waals surface area contributed by atoms with E-state index in [1.165, 1.54) is 43.9 Å². The highest BCUT2D eigenvalue weighted by Crippen LogP contribution is 2.26. The second kappa shape index (κ2) is 12.9. The number of carbonyl (C=O) groups excluding carboxylic acids is 3. The van der Waals surface area contributed by atoms with Gasteiger partial charge in [-0.15, -0.1) is 11.8 Å². The molecule has 2 aliphatic rings. The van der Waals surface area contributed by atoms with Crippen LogP contribution in [-0.4, -0.2) is 54.1 Å². The SMILES string of the molecule is CCCC(=O)NC1CCCN(C(=O)c2ccccc2SCC(=O)NCC2CCCCC2)C1. The van der Waals surface area contributed by atoms with E-state index < -0.39 is 0 Å². The van der Waals surface area contributed by atoms with E-state index >= 15 is 0 Å². The van der Waals surface area contributed by atoms with Crippen molar-refractivity contribution in [2.75, 3.05) is 25.4 Å². The molecule has 0 bridgehead atoms. The highest BCUT2D eigenvalue weighted by atomic mass is 32.2. The minimum atomic E-state index is -0.0230. The summed E-state index contributed by atoms with van der Waals surface area (Å²) >= 11 is 1.42. The van der Waals surface area contributed by atoms with Crippen LogP contribution in [0.3, 0.4) is 0 Å². The van der Waals surface area contributed by atoms with Gasteiger partial charge in [-0.1, -0.05) is 38.3 Å². The van der Waals surface area contributed by atoms with Gasteiger partial charge in [-0.05, 0) is 50.2 Å². The van der Waals surface area contributed by atoms with Gasteiger partial charge in [0.25, 0.3) is 5.91 Å². The molecule has 32 heavy (non-hydrogen) atoms. The normalized spacial score (nSPS) is 19.4. The van der Waals surface area contributed by atoms with E-state index in [2.05, 4.69) is 10.6 Å². The Morgan fingerprint density at radius 1 is 1.03 bits per heavy atom. The first-order chi connectivity index (χ1) is 15.6. The van der Waals surface area contributed by atoms with E-state index in [9.17, 15) is 14.4 Å². The molecule has 1 aromatic rings. The van der Waals surface area contributed by atoms with Crippen molar-refractivity contribution in [2.45, 2.75) is 75.6 Å². The van der Waals surface area contributed by atoms with E-state index in [4.69, 9.17) is 0 Å². The fourth-order valence-corrected chi connectivity index (χ4v) is 5.46. The molecule has 0 aromatic heterocycles. The number of carbonyl (C=O) groups is 3. The molecule has 2 fully saturated rings. The third kappa shape index (κ3) is 7.54. The summed E-state index contributed by atoms with van der Waals surface area (Å²) in [6.45, 7) is 3.98. The first kappa shape index (κ1) is 24.6. The average Bonchev–Trinajstić information content (AvgIpc) is 2.82. The second-order valence-corrected chi connectivity index (χ2v) is 10.0. The van der Waals surface area contributed by atoms with Crippen LogP contribution in [0.1, 0.15) is 75.1 Å². The molecule has 3 rings (SSSR count). The van der Waals surface area contributed by atoms with Crippen LogP contribution in [0.5, 0.6) is 0 Å². The predicted octanol–water partition coefficient (Wildman–Crippen LogP) is 4.00. The molecule has 1 aliphatic carbocycles. The number of amides is 3. The fraction of sp³-hybridized carbons (Fsp3) is 0.640. The summed E-state index contributed by atoms with van der Waals surface area (Å²) in [5, 5.41) is 6.13. The Bertz CT molecular complexity index is 779. The summed E-state index contributed by atoms with van der Waals surface area (Å²) in [6, 6.07) is 7.53. The Morgan fingerprint density at radius 3 is 2.59 bits per heavy atom. The van der Waals surface area contributed by atoms with Gasteiger partial charge < -0.3 is 15.5 Å². The number of hydrogen-bond acceptors (Lipinski definition) is 4. The van der Waals surface area contributed by atoms with Gasteiger partial charge in [-0.25, -0.2) is 0 Å². The molecule has 2 N–H and O–H groups in total. The van der Waals surface area contributed by atoms with Crippen LogP contribution in [0, 0.1) is 5.92 Å². The van der Waals surface area contributed by atoms with Crippen molar-refractivity contribution >= 4 is 29.5 Å². The lowest BCUT2D eigenvalue weighted by molar-refractivity contribution is -0.122. The molecule has 176 valence electrons. The van der Waals surface area contributed by atoms with Gasteiger partial charge in [0.05, 0.1) is 11.3 Å². The molecule has 1 saturated heterocycles. The van der Waals surface area contributed by atoms with Gasteiger partial charge in [-0.3, -0.25) is 14.4 Å². The summed E-state index contributed by atoms with van der Waals surface area (Å²) in [5.74, 6) is 0.982. The average molecular weight is 460 g/mol. The molecular weight excluding hydrogens is 422 g/mol. The van der Waals surface area contributed by atoms with Crippen LogP contribution in [0.4, 0.5) is 0 Å². The monoisotopic (exact) mass is 459 g/mol. The van der Waals surface area contributed by atoms with Crippen molar-refractivity contribution in [1.29, 1.82) is 0 Å². The van der Waals surface area contributed by atoms with Gasteiger partial charge in [0.2, 0.25) is 11.8 Å². The molecule has 1 heterocycles. The standard InChI is InChI=1S/C25H37N3O3S/c1-2-9-23(29)27-20-12-8-15-28(17-20)25(31)21-13-6-7-14-22(21)32-18-24(30)26-16-19-10-4-3-5-11-19/h6-7,13-14,19-20H,2-5,8-12,15-18H2,1H3,(H,26,30)(H,27,29). The van der Waals surface area contributed by atoms with Crippen LogP contribution in [0.15, 0.2) is 29.2 Å². The van der Waals surface area contributed by atoms with Gasteiger partial charge in [0, 0.05) is 37.0 Å². The molecule has 0 spiro atoms. The summed E-state index contributed by atoms with van der Waals surface area (Å²) in [5.41, 5.74) is 0.637. The lowest BCUT2D eigenvalue weighted by atomic mass is 9.89. The lowest BCUT2D eigenvalue weighted by Crippen LogP contribution is -2.49. The van der Waals surface area contributed by atoms with Crippen molar-refractivity contribution in [3.63, 3.8) is 0 Å². The smallest absolute Gasteiger partial charge is 0.255 e. The summed E-state index contributed by atoms with van der Waals surface area (Å²) in [6.07, 6.45) is 9.38. The Kier molecular flexibility index (Phi) is 9.90. The maximum absolute atomic E-state index is 13.3. The van der Waals surface area contributed by atoms with Gasteiger partial charge >= 0.3 is 0 Å². The highest BCUT2D eigenvalue weighted by Gasteiger charge is 2.26. The summed E-state index contributed by atoms with van der Waals surface area (Å²) < 4.78 is 0. The van der Waals surface area contributed by atoms with Crippen molar-refractivity contribution < 1.29 is 14.4 Å². The molecular formula is C25H37N3O3S. The molecule has 1 saturated carbocycles. The Balaban J connectivity index is 1.52. The molecule has 0 radical (unpaired) electrons. The number of nitrogens with zero attached hydrogens (tertiary/aromatic N) is 1. The number of thioether (sulfide) groups is 1. The Hall–Kier alpha value is -2.02. The van der Waals surface area contributed by atoms with Crippen molar-refractivity contribution in [3.05, 3.63) is 29.8 Å². The topological polar surface area (TPSA) is 78.5 Å². The lowest BCUT2D eigenvalue weighted by Gasteiger charge is -2.33. The van der Waals surface area contributed by atoms with E-state index in [0.717, 1.165) is 30.7 Å². The van der Waals surface area contributed by atoms with Gasteiger partial charge in [0.15, 0.2) is 0 Å². The zero-order chi connectivity index (χ0) is 22.8. The minimum Gasteiger partial charge on any atom is -0.355 e. The third-order valence-corrected chi connectivity index (χ3v) is 7.41. The van der Waals surface area contributed by atoms with Crippen molar-refractivity contribution in [1.82, 2.24) is 15.5 Å². The van der Waals surface area contributed by atoms with Gasteiger partial charge in [0.1, 0.15) is 0 Å². The Labute approximate surface area is 196 Å². The van der Waals surface area contributed by atoms with Crippen molar-refractivity contribution in [3.8, 4) is 0 Å². The number of nitrogens with one attached hydrogen (secondary N) is 2. The first-order valence-electron chi connectivity index (χ1n) is 12.1. The third-order valence-electron chi connectivity index (χ3n) is 6.34. The molecule has 6 nitrogen and oxygen atoms in total. The summed E-state index contributed by atoms with van der Waals surface area (Å²) in [7, 11) is 0. The fourth-order valence-electron chi connectivity index (χ4n) is 4.59. The predicted molar refractivity (Wildman–Crippen MR) is 129 cm³/mol. The van der Waals surface area contributed by atoms with Gasteiger partial charge in [-0.2, -0.15) is 0 Å². The zero-order valence-electron chi connectivity index (χ0n) is 19.2. The van der Waals surface area contributed by atoms with Crippen LogP contribution < -0.4 is 10.6 Å². The van der Waals surface area contributed by atoms with E-state index in [-0.39, 0.29) is 23.8 Å². The van der Waals surface area contributed by atoms with Crippen molar-refractivity contribution in [2.24, 2.45) is 5.92 Å². The molecule has 3 amide bonds. The molecule has 1 atom stereocenters. The molecule has 1 aromatic carbocycles. The zero-order valence-corrected chi connectivity index (χ0v) is 20.1. The Morgan fingerprint density at radius 2 is 1.81 bits per heavy atom. The molecule has 1 unspecified atom stereocenters. The quantitative estimate of drug-likeness (QED) is 0.547. The second-order valence-electron chi connectivity index (χ2n) is 9.00. The first-order valence-corrected chi connectivity index (χ1v) is 13.1. The van der Waals surface area contributed by atoms with E-state index in [1.54, 1.807) is 0 Å². The van der Waals surface area contributed by atoms with E-state index in [1.807, 2.05) is 36.1 Å². The number of hydrogen-bond donors (Lipinski definition) is 2. The van der Waals surface area contributed by atoms with Crippen LogP contribution in [0.2, 0.25) is 0 Å². The maximum atomic E-state index is 13.3. The highest BCUT2D eigenvalue weighted by molar-refractivity contribution is 8.00. The molecule has 1 aliphatic heterocycles. The van der Waals surface area contributed by atoms with Crippen LogP contribution in [0.25, 0.3) is 0 Å². The van der Waals surface area contributed by atoms with Crippen LogP contribution >= 0.6 is 11.8 Å². The van der Waals surface area contributed by atoms with Crippen LogP contribution in [-0.2, 0) is 9.59 Å². The number of rotatable bonds is 9. The minimum absolute atomic E-state index is 0.0112. The molecule has 7 heteroatoms. The number of benzene rings is 1. The number of piperidine rings is 1. The van der Waals surface area contributed by atoms with E-state index in [0.29, 0.717) is 36.7 Å². The number of likely N-dealkylation sites (tertiary alicyclic amines) is 1. The summed E-state index contributed by atoms with van der Waals surface area (Å²) in [4.78, 5) is 40.3. The largest absolute Gasteiger partial charge is 0.355 e.